The van der Waals surface area contributed by atoms with Gasteiger partial charge in [-0.25, -0.2) is 27.0 Å². The first kappa shape index (κ1) is 38.0. The van der Waals surface area contributed by atoms with Crippen molar-refractivity contribution in [2.75, 3.05) is 6.54 Å². The summed E-state index contributed by atoms with van der Waals surface area (Å²) in [4.78, 5) is 61.5. The standard InChI is InChI=1S/C38H47F2N5O8S/c1-22(2)52-34(49)42-27-15-9-7-5-6-8-12-24-18-37(24,33(48)44-54(50,51)35(4)16-17-35)43-31(46)28-19-36(21-45(28)32(27)47)20-38(39,40)29-25-13-10-11-14-26(25)41-23(3)30(29)53-36/h8,10-14,22,24,27-28H,5-7,9,15-21H2,1-4H3,(H,42,49)(H,43,46)(H,44,48)/b12-8-/t24-,27+,28+,36+,37-/m1/s1. The van der Waals surface area contributed by atoms with E-state index in [-0.39, 0.29) is 41.7 Å². The molecule has 4 amide bonds. The number of hydrogen-bond donors (Lipinski definition) is 3. The lowest BCUT2D eigenvalue weighted by Crippen LogP contribution is -2.58. The van der Waals surface area contributed by atoms with Gasteiger partial charge in [0.15, 0.2) is 5.75 Å². The summed E-state index contributed by atoms with van der Waals surface area (Å²) in [5, 5.41) is 5.63. The van der Waals surface area contributed by atoms with Gasteiger partial charge in [-0.15, -0.1) is 0 Å². The van der Waals surface area contributed by atoms with Crippen molar-refractivity contribution < 1.29 is 45.9 Å². The Hall–Kier alpha value is -4.34. The molecule has 1 spiro atoms. The fourth-order valence-electron chi connectivity index (χ4n) is 8.13. The van der Waals surface area contributed by atoms with Gasteiger partial charge in [0.25, 0.3) is 11.8 Å². The van der Waals surface area contributed by atoms with Crippen LogP contribution in [0, 0.1) is 12.8 Å². The molecule has 0 unspecified atom stereocenters. The molecule has 3 fully saturated rings. The molecule has 1 aromatic heterocycles. The molecule has 16 heteroatoms. The number of alkyl carbamates (subject to hydrolysis) is 1. The summed E-state index contributed by atoms with van der Waals surface area (Å²) in [6.07, 6.45) is 4.72. The number of carbonyl (C=O) groups is 4. The predicted molar refractivity (Wildman–Crippen MR) is 193 cm³/mol. The molecule has 292 valence electrons. The molecule has 54 heavy (non-hydrogen) atoms. The number of alkyl halides is 2. The molecule has 1 saturated heterocycles. The van der Waals surface area contributed by atoms with Gasteiger partial charge in [-0.05, 0) is 72.3 Å². The minimum Gasteiger partial charge on any atom is -0.483 e. The number of allylic oxidation sites excluding steroid dienone is 1. The number of ether oxygens (including phenoxy) is 2. The number of benzene rings is 1. The first-order valence-corrected chi connectivity index (χ1v) is 20.2. The molecule has 2 aromatic rings. The molecule has 7 rings (SSSR count). The number of rotatable bonds is 5. The molecule has 0 radical (unpaired) electrons. The second kappa shape index (κ2) is 13.4. The minimum absolute atomic E-state index is 0.101. The molecule has 1 aromatic carbocycles. The fourth-order valence-corrected chi connectivity index (χ4v) is 9.44. The maximum absolute atomic E-state index is 16.6. The number of halogens is 2. The fraction of sp³-hybridized carbons (Fsp3) is 0.605. The average Bonchev–Trinajstić information content (AvgIpc) is 3.97. The lowest BCUT2D eigenvalue weighted by molar-refractivity contribution is -0.141. The molecular formula is C38H47F2N5O8S. The Bertz CT molecular complexity index is 2040. The highest BCUT2D eigenvalue weighted by Crippen LogP contribution is 2.54. The zero-order valence-electron chi connectivity index (χ0n) is 30.9. The molecule has 13 nitrogen and oxygen atoms in total. The van der Waals surface area contributed by atoms with E-state index in [0.29, 0.717) is 37.6 Å². The number of para-hydroxylation sites is 1. The summed E-state index contributed by atoms with van der Waals surface area (Å²) in [6, 6.07) is 3.93. The van der Waals surface area contributed by atoms with Crippen LogP contribution in [0.5, 0.6) is 5.75 Å². The Morgan fingerprint density at radius 1 is 1.11 bits per heavy atom. The molecule has 5 atom stereocenters. The van der Waals surface area contributed by atoms with Gasteiger partial charge < -0.3 is 25.0 Å². The molecule has 5 aliphatic rings. The second-order valence-electron chi connectivity index (χ2n) is 16.1. The van der Waals surface area contributed by atoms with Crippen LogP contribution in [0.25, 0.3) is 10.9 Å². The van der Waals surface area contributed by atoms with Crippen molar-refractivity contribution in [1.82, 2.24) is 25.2 Å². The van der Waals surface area contributed by atoms with Crippen molar-refractivity contribution in [2.24, 2.45) is 5.92 Å². The van der Waals surface area contributed by atoms with Crippen LogP contribution in [0.2, 0.25) is 0 Å². The number of amides is 4. The Morgan fingerprint density at radius 2 is 1.85 bits per heavy atom. The van der Waals surface area contributed by atoms with Gasteiger partial charge in [0, 0.05) is 17.7 Å². The summed E-state index contributed by atoms with van der Waals surface area (Å²) < 4.78 is 72.3. The summed E-state index contributed by atoms with van der Waals surface area (Å²) >= 11 is 0. The number of nitrogens with zero attached hydrogens (tertiary/aromatic N) is 2. The van der Waals surface area contributed by atoms with E-state index in [1.807, 2.05) is 6.08 Å². The van der Waals surface area contributed by atoms with Crippen molar-refractivity contribution in [1.29, 1.82) is 0 Å². The van der Waals surface area contributed by atoms with Crippen LogP contribution in [0.15, 0.2) is 36.4 Å². The van der Waals surface area contributed by atoms with Gasteiger partial charge in [-0.3, -0.25) is 19.1 Å². The Kier molecular flexibility index (Phi) is 9.45. The topological polar surface area (TPSA) is 173 Å². The van der Waals surface area contributed by atoms with E-state index in [9.17, 15) is 27.6 Å². The monoisotopic (exact) mass is 771 g/mol. The predicted octanol–water partition coefficient (Wildman–Crippen LogP) is 4.65. The van der Waals surface area contributed by atoms with E-state index in [4.69, 9.17) is 9.47 Å². The van der Waals surface area contributed by atoms with Gasteiger partial charge in [0.1, 0.15) is 23.2 Å². The van der Waals surface area contributed by atoms with Gasteiger partial charge >= 0.3 is 6.09 Å². The minimum atomic E-state index is -4.07. The highest BCUT2D eigenvalue weighted by atomic mass is 32.2. The molecule has 2 aliphatic carbocycles. The number of aromatic nitrogens is 1. The molecule has 3 N–H and O–H groups in total. The van der Waals surface area contributed by atoms with Gasteiger partial charge in [0.05, 0.1) is 40.6 Å². The van der Waals surface area contributed by atoms with Gasteiger partial charge in [-0.1, -0.05) is 43.2 Å². The van der Waals surface area contributed by atoms with Crippen LogP contribution in [0.3, 0.4) is 0 Å². The molecule has 0 bridgehead atoms. The van der Waals surface area contributed by atoms with Gasteiger partial charge in [-0.2, -0.15) is 0 Å². The third-order valence-electron chi connectivity index (χ3n) is 11.5. The smallest absolute Gasteiger partial charge is 0.408 e. The highest BCUT2D eigenvalue weighted by molar-refractivity contribution is 7.91. The average molecular weight is 772 g/mol. The number of nitrogens with one attached hydrogen (secondary N) is 3. The summed E-state index contributed by atoms with van der Waals surface area (Å²) in [6.45, 7) is 5.98. The van der Waals surface area contributed by atoms with E-state index in [0.717, 1.165) is 11.3 Å². The molecular weight excluding hydrogens is 725 g/mol. The Morgan fingerprint density at radius 3 is 2.57 bits per heavy atom. The van der Waals surface area contributed by atoms with E-state index in [1.54, 1.807) is 58.0 Å². The second-order valence-corrected chi connectivity index (χ2v) is 18.3. The van der Waals surface area contributed by atoms with Crippen molar-refractivity contribution >= 4 is 44.7 Å². The first-order chi connectivity index (χ1) is 25.4. The SMILES string of the molecule is Cc1nc2ccccc2c2c1O[C@@]1(C[C@H]3C(=O)N[C@]4(C(=O)NS(=O)(=O)C5(C)CC5)C[C@H]4/C=C\CCCCC[C@H](NC(=O)OC(C)C)C(=O)N3C1)CC2(F)F. The largest absolute Gasteiger partial charge is 0.483 e. The summed E-state index contributed by atoms with van der Waals surface area (Å²) in [7, 11) is -4.07. The van der Waals surface area contributed by atoms with E-state index < -0.39 is 92.7 Å². The van der Waals surface area contributed by atoms with E-state index in [1.165, 1.54) is 0 Å². The van der Waals surface area contributed by atoms with Crippen LogP contribution in [-0.4, -0.2) is 82.7 Å². The number of fused-ring (bicyclic) bond motifs is 5. The first-order valence-electron chi connectivity index (χ1n) is 18.7. The van der Waals surface area contributed by atoms with Crippen LogP contribution >= 0.6 is 0 Å². The van der Waals surface area contributed by atoms with E-state index in [2.05, 4.69) is 20.3 Å². The number of aryl methyl sites for hydroxylation is 1. The number of sulfonamides is 1. The maximum atomic E-state index is 16.6. The normalized spacial score (nSPS) is 30.8. The third-order valence-corrected chi connectivity index (χ3v) is 13.7. The van der Waals surface area contributed by atoms with Gasteiger partial charge in [0.2, 0.25) is 21.8 Å². The molecule has 3 aliphatic heterocycles. The van der Waals surface area contributed by atoms with E-state index >= 15 is 8.78 Å². The summed E-state index contributed by atoms with van der Waals surface area (Å²) in [5.41, 5.74) is -3.15. The van der Waals surface area contributed by atoms with Crippen LogP contribution < -0.4 is 20.1 Å². The number of carbonyl (C=O) groups excluding carboxylic acids is 4. The number of pyridine rings is 1. The Labute approximate surface area is 313 Å². The van der Waals surface area contributed by atoms with Crippen molar-refractivity contribution in [3.05, 3.63) is 47.7 Å². The Balaban J connectivity index is 1.27. The molecule has 2 saturated carbocycles. The highest BCUT2D eigenvalue weighted by Gasteiger charge is 2.65. The molecule has 4 heterocycles. The van der Waals surface area contributed by atoms with Crippen LogP contribution in [0.1, 0.15) is 96.2 Å². The van der Waals surface area contributed by atoms with Crippen LogP contribution in [0.4, 0.5) is 13.6 Å². The zero-order chi connectivity index (χ0) is 38.8. The third kappa shape index (κ3) is 6.90. The quantitative estimate of drug-likeness (QED) is 0.366. The maximum Gasteiger partial charge on any atom is 0.408 e. The summed E-state index contributed by atoms with van der Waals surface area (Å²) in [5.74, 6) is -6.55. The number of hydrogen-bond acceptors (Lipinski definition) is 9. The van der Waals surface area contributed by atoms with Crippen molar-refractivity contribution in [3.63, 3.8) is 0 Å². The van der Waals surface area contributed by atoms with Crippen molar-refractivity contribution in [3.8, 4) is 5.75 Å². The van der Waals surface area contributed by atoms with Crippen molar-refractivity contribution in [2.45, 2.75) is 132 Å². The lowest BCUT2D eigenvalue weighted by Gasteiger charge is -2.40. The zero-order valence-corrected chi connectivity index (χ0v) is 31.7. The lowest BCUT2D eigenvalue weighted by atomic mass is 9.84. The van der Waals surface area contributed by atoms with Crippen LogP contribution in [-0.2, 0) is 35.1 Å².